The van der Waals surface area contributed by atoms with Gasteiger partial charge in [0.1, 0.15) is 6.29 Å². The molecular formula is C11H18O2. The van der Waals surface area contributed by atoms with Gasteiger partial charge in [-0.3, -0.25) is 4.79 Å². The Bertz CT molecular complexity index is 185. The summed E-state index contributed by atoms with van der Waals surface area (Å²) in [7, 11) is 0. The first-order valence-corrected chi connectivity index (χ1v) is 5.12. The van der Waals surface area contributed by atoms with Gasteiger partial charge in [-0.25, -0.2) is 0 Å². The Labute approximate surface area is 80.0 Å². The van der Waals surface area contributed by atoms with E-state index in [9.17, 15) is 4.79 Å². The number of rotatable bonds is 5. The number of unbranched alkanes of at least 4 members (excludes halogenated alkanes) is 1. The average molecular weight is 182 g/mol. The van der Waals surface area contributed by atoms with Crippen molar-refractivity contribution >= 4 is 6.29 Å². The first-order chi connectivity index (χ1) is 6.36. The van der Waals surface area contributed by atoms with Crippen LogP contribution in [0.1, 0.15) is 39.0 Å². The highest BCUT2D eigenvalue weighted by molar-refractivity contribution is 5.73. The van der Waals surface area contributed by atoms with Gasteiger partial charge in [-0.15, -0.1) is 0 Å². The zero-order valence-electron chi connectivity index (χ0n) is 8.29. The molecule has 0 radical (unpaired) electrons. The van der Waals surface area contributed by atoms with Crippen molar-refractivity contribution in [3.63, 3.8) is 0 Å². The van der Waals surface area contributed by atoms with Gasteiger partial charge < -0.3 is 4.74 Å². The summed E-state index contributed by atoms with van der Waals surface area (Å²) in [6.45, 7) is 3.03. The van der Waals surface area contributed by atoms with Gasteiger partial charge >= 0.3 is 0 Å². The number of carbonyl (C=O) groups is 1. The number of allylic oxidation sites excluding steroid dienone is 1. The molecule has 0 amide bonds. The lowest BCUT2D eigenvalue weighted by molar-refractivity contribution is -0.105. The number of hydrogen-bond acceptors (Lipinski definition) is 2. The van der Waals surface area contributed by atoms with Gasteiger partial charge in [0.2, 0.25) is 0 Å². The second-order valence-electron chi connectivity index (χ2n) is 3.52. The number of aldehydes is 1. The minimum atomic E-state index is 0.357. The van der Waals surface area contributed by atoms with E-state index in [2.05, 4.69) is 6.92 Å². The van der Waals surface area contributed by atoms with E-state index < -0.39 is 0 Å². The molecule has 1 aliphatic rings. The Morgan fingerprint density at radius 3 is 3.08 bits per heavy atom. The third-order valence-electron chi connectivity index (χ3n) is 2.40. The SMILES string of the molecule is CCCCOC1CC=C(C=O)CC1. The fourth-order valence-electron chi connectivity index (χ4n) is 1.48. The zero-order valence-corrected chi connectivity index (χ0v) is 8.29. The summed E-state index contributed by atoms with van der Waals surface area (Å²) in [5, 5.41) is 0. The van der Waals surface area contributed by atoms with Gasteiger partial charge in [-0.2, -0.15) is 0 Å². The van der Waals surface area contributed by atoms with Crippen molar-refractivity contribution < 1.29 is 9.53 Å². The van der Waals surface area contributed by atoms with Crippen LogP contribution < -0.4 is 0 Å². The van der Waals surface area contributed by atoms with E-state index in [0.717, 1.165) is 44.1 Å². The maximum Gasteiger partial charge on any atom is 0.145 e. The number of carbonyl (C=O) groups excluding carboxylic acids is 1. The topological polar surface area (TPSA) is 26.3 Å². The Kier molecular flexibility index (Phi) is 4.76. The van der Waals surface area contributed by atoms with E-state index in [1.807, 2.05) is 6.08 Å². The van der Waals surface area contributed by atoms with Crippen LogP contribution in [0.2, 0.25) is 0 Å². The largest absolute Gasteiger partial charge is 0.378 e. The van der Waals surface area contributed by atoms with Gasteiger partial charge in [-0.1, -0.05) is 19.4 Å². The Hall–Kier alpha value is -0.630. The summed E-state index contributed by atoms with van der Waals surface area (Å²) in [4.78, 5) is 10.4. The molecule has 0 aromatic carbocycles. The molecule has 2 nitrogen and oxygen atoms in total. The predicted molar refractivity (Wildman–Crippen MR) is 52.6 cm³/mol. The molecular weight excluding hydrogens is 164 g/mol. The van der Waals surface area contributed by atoms with Crippen molar-refractivity contribution in [2.45, 2.75) is 45.1 Å². The van der Waals surface area contributed by atoms with E-state index in [0.29, 0.717) is 6.10 Å². The smallest absolute Gasteiger partial charge is 0.145 e. The first kappa shape index (κ1) is 10.5. The lowest BCUT2D eigenvalue weighted by Gasteiger charge is -2.20. The molecule has 0 heterocycles. The zero-order chi connectivity index (χ0) is 9.52. The van der Waals surface area contributed by atoms with Crippen molar-refractivity contribution in [1.29, 1.82) is 0 Å². The van der Waals surface area contributed by atoms with Gasteiger partial charge in [0, 0.05) is 6.61 Å². The summed E-state index contributed by atoms with van der Waals surface area (Å²) in [6, 6.07) is 0. The maximum atomic E-state index is 10.4. The molecule has 74 valence electrons. The molecule has 0 N–H and O–H groups in total. The van der Waals surface area contributed by atoms with E-state index in [1.165, 1.54) is 6.42 Å². The molecule has 0 aromatic heterocycles. The quantitative estimate of drug-likeness (QED) is 0.482. The highest BCUT2D eigenvalue weighted by Crippen LogP contribution is 2.19. The van der Waals surface area contributed by atoms with Crippen LogP contribution in [0.25, 0.3) is 0 Å². The molecule has 0 spiro atoms. The van der Waals surface area contributed by atoms with Crippen LogP contribution in [-0.2, 0) is 9.53 Å². The highest BCUT2D eigenvalue weighted by Gasteiger charge is 2.13. The van der Waals surface area contributed by atoms with Gasteiger partial charge in [-0.05, 0) is 31.3 Å². The third kappa shape index (κ3) is 3.73. The fourth-order valence-corrected chi connectivity index (χ4v) is 1.48. The monoisotopic (exact) mass is 182 g/mol. The van der Waals surface area contributed by atoms with Crippen LogP contribution in [0.3, 0.4) is 0 Å². The Balaban J connectivity index is 2.17. The number of hydrogen-bond donors (Lipinski definition) is 0. The second kappa shape index (κ2) is 5.92. The average Bonchev–Trinajstić information content (AvgIpc) is 2.19. The fraction of sp³-hybridized carbons (Fsp3) is 0.727. The Morgan fingerprint density at radius 2 is 2.54 bits per heavy atom. The predicted octanol–water partition coefficient (Wildman–Crippen LogP) is 2.48. The summed E-state index contributed by atoms with van der Waals surface area (Å²) in [6.07, 6.45) is 8.46. The van der Waals surface area contributed by atoms with Crippen molar-refractivity contribution in [3.8, 4) is 0 Å². The molecule has 0 saturated carbocycles. The minimum Gasteiger partial charge on any atom is -0.378 e. The highest BCUT2D eigenvalue weighted by atomic mass is 16.5. The third-order valence-corrected chi connectivity index (χ3v) is 2.40. The molecule has 0 saturated heterocycles. The van der Waals surface area contributed by atoms with E-state index >= 15 is 0 Å². The van der Waals surface area contributed by atoms with Crippen molar-refractivity contribution in [2.24, 2.45) is 0 Å². The summed E-state index contributed by atoms with van der Waals surface area (Å²) < 4.78 is 5.66. The van der Waals surface area contributed by atoms with Crippen LogP contribution >= 0.6 is 0 Å². The molecule has 0 bridgehead atoms. The van der Waals surface area contributed by atoms with Gasteiger partial charge in [0.05, 0.1) is 6.10 Å². The number of ether oxygens (including phenoxy) is 1. The Morgan fingerprint density at radius 1 is 1.69 bits per heavy atom. The molecule has 1 rings (SSSR count). The van der Waals surface area contributed by atoms with Crippen molar-refractivity contribution in [3.05, 3.63) is 11.6 Å². The van der Waals surface area contributed by atoms with E-state index in [1.54, 1.807) is 0 Å². The van der Waals surface area contributed by atoms with Crippen LogP contribution in [-0.4, -0.2) is 19.0 Å². The normalized spacial score (nSPS) is 22.5. The first-order valence-electron chi connectivity index (χ1n) is 5.12. The van der Waals surface area contributed by atoms with E-state index in [-0.39, 0.29) is 0 Å². The maximum absolute atomic E-state index is 10.4. The molecule has 1 aliphatic carbocycles. The summed E-state index contributed by atoms with van der Waals surface area (Å²) >= 11 is 0. The molecule has 13 heavy (non-hydrogen) atoms. The van der Waals surface area contributed by atoms with Gasteiger partial charge in [0.25, 0.3) is 0 Å². The minimum absolute atomic E-state index is 0.357. The summed E-state index contributed by atoms with van der Waals surface area (Å²) in [5.41, 5.74) is 0.940. The lowest BCUT2D eigenvalue weighted by Crippen LogP contribution is -2.16. The standard InChI is InChI=1S/C11H18O2/c1-2-3-8-13-11-6-4-10(9-12)5-7-11/h4,9,11H,2-3,5-8H2,1H3. The van der Waals surface area contributed by atoms with Crippen molar-refractivity contribution in [2.75, 3.05) is 6.61 Å². The van der Waals surface area contributed by atoms with Crippen molar-refractivity contribution in [1.82, 2.24) is 0 Å². The molecule has 0 aromatic rings. The molecule has 1 unspecified atom stereocenters. The van der Waals surface area contributed by atoms with Crippen LogP contribution in [0.4, 0.5) is 0 Å². The molecule has 1 atom stereocenters. The second-order valence-corrected chi connectivity index (χ2v) is 3.52. The molecule has 2 heteroatoms. The van der Waals surface area contributed by atoms with Crippen LogP contribution in [0.15, 0.2) is 11.6 Å². The van der Waals surface area contributed by atoms with Crippen LogP contribution in [0.5, 0.6) is 0 Å². The van der Waals surface area contributed by atoms with E-state index in [4.69, 9.17) is 4.74 Å². The lowest BCUT2D eigenvalue weighted by atomic mass is 9.98. The van der Waals surface area contributed by atoms with Crippen LogP contribution in [0, 0.1) is 0 Å². The molecule has 0 fully saturated rings. The van der Waals surface area contributed by atoms with Gasteiger partial charge in [0.15, 0.2) is 0 Å². The molecule has 0 aliphatic heterocycles. The summed E-state index contributed by atoms with van der Waals surface area (Å²) in [5.74, 6) is 0.